The number of likely N-dealkylation sites (tertiary alicyclic amines) is 1. The van der Waals surface area contributed by atoms with E-state index in [1.165, 1.54) is 5.56 Å². The third kappa shape index (κ3) is 5.09. The highest BCUT2D eigenvalue weighted by Crippen LogP contribution is 2.40. The Labute approximate surface area is 207 Å². The lowest BCUT2D eigenvalue weighted by atomic mass is 9.97. The molecule has 1 saturated heterocycles. The van der Waals surface area contributed by atoms with Crippen LogP contribution in [0.1, 0.15) is 37.8 Å². The molecule has 0 N–H and O–H groups in total. The minimum Gasteiger partial charge on any atom is -0.490 e. The van der Waals surface area contributed by atoms with Gasteiger partial charge in [0, 0.05) is 36.8 Å². The predicted molar refractivity (Wildman–Crippen MR) is 140 cm³/mol. The number of amides is 1. The van der Waals surface area contributed by atoms with Crippen LogP contribution in [-0.2, 0) is 6.42 Å². The van der Waals surface area contributed by atoms with Crippen molar-refractivity contribution in [2.45, 2.75) is 40.0 Å². The fourth-order valence-electron chi connectivity index (χ4n) is 4.53. The number of hydrogen-bond donors (Lipinski definition) is 0. The molecule has 3 aromatic rings. The van der Waals surface area contributed by atoms with Gasteiger partial charge in [-0.25, -0.2) is 14.8 Å². The van der Waals surface area contributed by atoms with Crippen LogP contribution in [0.15, 0.2) is 49.3 Å². The molecule has 35 heavy (non-hydrogen) atoms. The number of allylic oxidation sites excluding steroid dienone is 1. The number of rotatable bonds is 7. The molecule has 1 aliphatic heterocycles. The van der Waals surface area contributed by atoms with E-state index in [4.69, 9.17) is 9.47 Å². The Morgan fingerprint density at radius 1 is 1.20 bits per heavy atom. The van der Waals surface area contributed by atoms with Gasteiger partial charge in [0.25, 0.3) is 0 Å². The number of ether oxygens (including phenoxy) is 2. The lowest BCUT2D eigenvalue weighted by Gasteiger charge is -2.30. The van der Waals surface area contributed by atoms with Crippen LogP contribution in [0.5, 0.6) is 11.5 Å². The molecule has 0 saturated carbocycles. The lowest BCUT2D eigenvalue weighted by Crippen LogP contribution is -2.39. The first-order chi connectivity index (χ1) is 17.0. The van der Waals surface area contributed by atoms with Crippen LogP contribution in [0.4, 0.5) is 16.3 Å². The molecule has 7 heteroatoms. The van der Waals surface area contributed by atoms with Gasteiger partial charge in [0.05, 0.1) is 12.1 Å². The van der Waals surface area contributed by atoms with Crippen molar-refractivity contribution >= 4 is 28.5 Å². The van der Waals surface area contributed by atoms with E-state index in [9.17, 15) is 4.79 Å². The quantitative estimate of drug-likeness (QED) is 0.388. The monoisotopic (exact) mass is 474 g/mol. The first-order valence-corrected chi connectivity index (χ1v) is 12.3. The van der Waals surface area contributed by atoms with Gasteiger partial charge in [-0.15, -0.1) is 6.58 Å². The van der Waals surface area contributed by atoms with E-state index in [2.05, 4.69) is 47.7 Å². The zero-order chi connectivity index (χ0) is 24.9. The molecule has 184 valence electrons. The van der Waals surface area contributed by atoms with Crippen LogP contribution in [0.25, 0.3) is 10.9 Å². The van der Waals surface area contributed by atoms with E-state index in [0.717, 1.165) is 47.2 Å². The van der Waals surface area contributed by atoms with Gasteiger partial charge in [0.1, 0.15) is 12.1 Å². The third-order valence-corrected chi connectivity index (χ3v) is 6.72. The molecule has 1 amide bonds. The highest BCUT2D eigenvalue weighted by molar-refractivity contribution is 5.96. The standard InChI is InChI=1S/C28H34N4O3/c1-6-20-9-11-22(12-10-20)31(5)27-23-17-24(26(34-8-3)19(4)25(23)29-18-30-27)35-28(33)32-15-13-21(7-2)14-16-32/h7,9-12,17-18,21H,2,6,8,13-16H2,1,3-5H3. The van der Waals surface area contributed by atoms with Crippen molar-refractivity contribution in [3.63, 3.8) is 0 Å². The zero-order valence-electron chi connectivity index (χ0n) is 21.1. The van der Waals surface area contributed by atoms with E-state index in [-0.39, 0.29) is 6.09 Å². The Morgan fingerprint density at radius 3 is 2.54 bits per heavy atom. The van der Waals surface area contributed by atoms with E-state index in [1.54, 1.807) is 11.2 Å². The van der Waals surface area contributed by atoms with Gasteiger partial charge in [0.2, 0.25) is 0 Å². The first-order valence-electron chi connectivity index (χ1n) is 12.3. The largest absolute Gasteiger partial charge is 0.490 e. The fourth-order valence-corrected chi connectivity index (χ4v) is 4.53. The van der Waals surface area contributed by atoms with E-state index >= 15 is 0 Å². The summed E-state index contributed by atoms with van der Waals surface area (Å²) in [5, 5.41) is 0.795. The van der Waals surface area contributed by atoms with Gasteiger partial charge in [-0.05, 0) is 62.8 Å². The topological polar surface area (TPSA) is 67.8 Å². The summed E-state index contributed by atoms with van der Waals surface area (Å²) < 4.78 is 11.9. The number of carbonyl (C=O) groups excluding carboxylic acids is 1. The summed E-state index contributed by atoms with van der Waals surface area (Å²) in [4.78, 5) is 25.9. The van der Waals surface area contributed by atoms with Gasteiger partial charge in [0.15, 0.2) is 11.5 Å². The number of carbonyl (C=O) groups is 1. The van der Waals surface area contributed by atoms with Crippen LogP contribution < -0.4 is 14.4 Å². The number of aryl methyl sites for hydroxylation is 2. The molecule has 2 aromatic carbocycles. The van der Waals surface area contributed by atoms with E-state index < -0.39 is 0 Å². The summed E-state index contributed by atoms with van der Waals surface area (Å²) >= 11 is 0. The number of fused-ring (bicyclic) bond motifs is 1. The summed E-state index contributed by atoms with van der Waals surface area (Å²) in [7, 11) is 1.98. The molecule has 0 radical (unpaired) electrons. The van der Waals surface area contributed by atoms with Gasteiger partial charge < -0.3 is 19.3 Å². The normalized spacial score (nSPS) is 14.1. The smallest absolute Gasteiger partial charge is 0.415 e. The molecule has 0 atom stereocenters. The minimum absolute atomic E-state index is 0.367. The third-order valence-electron chi connectivity index (χ3n) is 6.72. The number of aromatic nitrogens is 2. The van der Waals surface area contributed by atoms with E-state index in [1.807, 2.05) is 37.9 Å². The second-order valence-corrected chi connectivity index (χ2v) is 8.86. The summed E-state index contributed by atoms with van der Waals surface area (Å²) in [6, 6.07) is 10.2. The molecule has 0 aliphatic carbocycles. The summed E-state index contributed by atoms with van der Waals surface area (Å²) in [5.74, 6) is 2.10. The Morgan fingerprint density at radius 2 is 1.91 bits per heavy atom. The average Bonchev–Trinajstić information content (AvgIpc) is 2.90. The summed E-state index contributed by atoms with van der Waals surface area (Å²) in [5.41, 5.74) is 3.87. The highest BCUT2D eigenvalue weighted by Gasteiger charge is 2.25. The minimum atomic E-state index is -0.367. The van der Waals surface area contributed by atoms with Crippen molar-refractivity contribution in [3.8, 4) is 11.5 Å². The number of hydrogen-bond acceptors (Lipinski definition) is 6. The molecule has 0 unspecified atom stereocenters. The average molecular weight is 475 g/mol. The van der Waals surface area contributed by atoms with Gasteiger partial charge >= 0.3 is 6.09 Å². The zero-order valence-corrected chi connectivity index (χ0v) is 21.1. The number of benzene rings is 2. The second-order valence-electron chi connectivity index (χ2n) is 8.86. The van der Waals surface area contributed by atoms with Crippen LogP contribution in [0.3, 0.4) is 0 Å². The van der Waals surface area contributed by atoms with Crippen molar-refractivity contribution in [2.75, 3.05) is 31.6 Å². The fraction of sp³-hybridized carbons (Fsp3) is 0.393. The van der Waals surface area contributed by atoms with Gasteiger partial charge in [-0.2, -0.15) is 0 Å². The maximum Gasteiger partial charge on any atom is 0.415 e. The van der Waals surface area contributed by atoms with Crippen LogP contribution in [-0.4, -0.2) is 47.7 Å². The van der Waals surface area contributed by atoms with Crippen molar-refractivity contribution in [1.82, 2.24) is 14.9 Å². The summed E-state index contributed by atoms with van der Waals surface area (Å²) in [6.07, 6.45) is 5.94. The van der Waals surface area contributed by atoms with Crippen molar-refractivity contribution in [3.05, 3.63) is 60.4 Å². The Bertz CT molecular complexity index is 1200. The second kappa shape index (κ2) is 10.8. The maximum absolute atomic E-state index is 13.0. The Kier molecular flexibility index (Phi) is 7.54. The first kappa shape index (κ1) is 24.5. The predicted octanol–water partition coefficient (Wildman–Crippen LogP) is 6.06. The molecule has 4 rings (SSSR count). The lowest BCUT2D eigenvalue weighted by molar-refractivity contribution is 0.134. The van der Waals surface area contributed by atoms with Crippen LogP contribution in [0, 0.1) is 12.8 Å². The maximum atomic E-state index is 13.0. The van der Waals surface area contributed by atoms with E-state index in [0.29, 0.717) is 37.1 Å². The molecule has 0 bridgehead atoms. The Balaban J connectivity index is 1.71. The van der Waals surface area contributed by atoms with Crippen molar-refractivity contribution in [1.29, 1.82) is 0 Å². The number of piperidine rings is 1. The van der Waals surface area contributed by atoms with Crippen molar-refractivity contribution in [2.24, 2.45) is 5.92 Å². The molecular formula is C28H34N4O3. The highest BCUT2D eigenvalue weighted by atomic mass is 16.6. The van der Waals surface area contributed by atoms with Crippen LogP contribution in [0.2, 0.25) is 0 Å². The SMILES string of the molecule is C=CC1CCN(C(=O)Oc2cc3c(N(C)c4ccc(CC)cc4)ncnc3c(C)c2OCC)CC1. The molecule has 7 nitrogen and oxygen atoms in total. The van der Waals surface area contributed by atoms with Crippen LogP contribution >= 0.6 is 0 Å². The molecule has 0 spiro atoms. The molecule has 1 aromatic heterocycles. The number of nitrogens with zero attached hydrogens (tertiary/aromatic N) is 4. The molecular weight excluding hydrogens is 440 g/mol. The molecule has 1 aliphatic rings. The number of anilines is 2. The van der Waals surface area contributed by atoms with Gasteiger partial charge in [-0.1, -0.05) is 25.1 Å². The molecule has 1 fully saturated rings. The Hall–Kier alpha value is -3.61. The van der Waals surface area contributed by atoms with Crippen molar-refractivity contribution < 1.29 is 14.3 Å². The molecule has 2 heterocycles. The van der Waals surface area contributed by atoms with Gasteiger partial charge in [-0.3, -0.25) is 0 Å². The summed E-state index contributed by atoms with van der Waals surface area (Å²) in [6.45, 7) is 11.6.